The number of carbonyl (C=O) groups is 1. The first kappa shape index (κ1) is 17.0. The predicted octanol–water partition coefficient (Wildman–Crippen LogP) is 2.75. The van der Waals surface area contributed by atoms with Gasteiger partial charge in [0.15, 0.2) is 0 Å². The van der Waals surface area contributed by atoms with Gasteiger partial charge in [0.25, 0.3) is 0 Å². The minimum atomic E-state index is -3.42. The molecule has 0 spiro atoms. The van der Waals surface area contributed by atoms with Crippen molar-refractivity contribution in [1.82, 2.24) is 0 Å². The van der Waals surface area contributed by atoms with Gasteiger partial charge < -0.3 is 4.74 Å². The Morgan fingerprint density at radius 2 is 1.78 bits per heavy atom. The fourth-order valence-corrected chi connectivity index (χ4v) is 3.09. The molecule has 0 aliphatic carbocycles. The summed E-state index contributed by atoms with van der Waals surface area (Å²) >= 11 is 0. The number of anilines is 1. The van der Waals surface area contributed by atoms with Crippen molar-refractivity contribution in [2.75, 3.05) is 17.7 Å². The van der Waals surface area contributed by atoms with E-state index in [1.807, 2.05) is 25.1 Å². The second kappa shape index (κ2) is 6.83. The Balaban J connectivity index is 2.31. The molecular weight excluding hydrogens is 314 g/mol. The number of sulfonamides is 1. The van der Waals surface area contributed by atoms with Crippen molar-refractivity contribution < 1.29 is 17.9 Å². The molecule has 0 N–H and O–H groups in total. The SMILES string of the molecule is COC(=O)c1ccc(CN(c2cccc(C)c2)S(C)(=O)=O)cc1. The van der Waals surface area contributed by atoms with Crippen LogP contribution in [0.15, 0.2) is 48.5 Å². The molecule has 2 rings (SSSR count). The van der Waals surface area contributed by atoms with E-state index in [1.165, 1.54) is 17.7 Å². The first-order valence-corrected chi connectivity index (χ1v) is 8.88. The first-order valence-electron chi connectivity index (χ1n) is 7.03. The first-order chi connectivity index (χ1) is 10.8. The smallest absolute Gasteiger partial charge is 0.337 e. The van der Waals surface area contributed by atoms with Crippen molar-refractivity contribution in [3.05, 3.63) is 65.2 Å². The summed E-state index contributed by atoms with van der Waals surface area (Å²) < 4.78 is 30.2. The number of carbonyl (C=O) groups excluding carboxylic acids is 1. The van der Waals surface area contributed by atoms with Crippen molar-refractivity contribution >= 4 is 21.7 Å². The molecular formula is C17H19NO4S. The largest absolute Gasteiger partial charge is 0.465 e. The lowest BCUT2D eigenvalue weighted by Crippen LogP contribution is -2.29. The topological polar surface area (TPSA) is 63.7 Å². The van der Waals surface area contributed by atoms with Crippen LogP contribution in [0.25, 0.3) is 0 Å². The third-order valence-electron chi connectivity index (χ3n) is 3.39. The molecule has 0 saturated carbocycles. The minimum absolute atomic E-state index is 0.198. The summed E-state index contributed by atoms with van der Waals surface area (Å²) in [5, 5.41) is 0. The molecule has 5 nitrogen and oxygen atoms in total. The summed E-state index contributed by atoms with van der Waals surface area (Å²) in [6, 6.07) is 14.0. The van der Waals surface area contributed by atoms with Crippen LogP contribution in [0.2, 0.25) is 0 Å². The van der Waals surface area contributed by atoms with Crippen molar-refractivity contribution in [3.63, 3.8) is 0 Å². The lowest BCUT2D eigenvalue weighted by molar-refractivity contribution is 0.0600. The maximum atomic E-state index is 12.1. The Morgan fingerprint density at radius 3 is 2.30 bits per heavy atom. The maximum Gasteiger partial charge on any atom is 0.337 e. The molecule has 2 aromatic carbocycles. The van der Waals surface area contributed by atoms with Crippen molar-refractivity contribution in [3.8, 4) is 0 Å². The zero-order chi connectivity index (χ0) is 17.0. The summed E-state index contributed by atoms with van der Waals surface area (Å²) in [6.45, 7) is 2.11. The van der Waals surface area contributed by atoms with Crippen LogP contribution in [0.3, 0.4) is 0 Å². The summed E-state index contributed by atoms with van der Waals surface area (Å²) in [6.07, 6.45) is 1.18. The zero-order valence-electron chi connectivity index (χ0n) is 13.3. The molecule has 0 bridgehead atoms. The second-order valence-electron chi connectivity index (χ2n) is 5.30. The Kier molecular flexibility index (Phi) is 5.05. The highest BCUT2D eigenvalue weighted by Gasteiger charge is 2.18. The molecule has 0 atom stereocenters. The molecule has 0 unspecified atom stereocenters. The van der Waals surface area contributed by atoms with Gasteiger partial charge >= 0.3 is 5.97 Å². The standard InChI is InChI=1S/C17H19NO4S/c1-13-5-4-6-16(11-13)18(23(3,20)21)12-14-7-9-15(10-8-14)17(19)22-2/h4-11H,12H2,1-3H3. The van der Waals surface area contributed by atoms with Gasteiger partial charge in [-0.05, 0) is 42.3 Å². The van der Waals surface area contributed by atoms with E-state index in [9.17, 15) is 13.2 Å². The molecule has 0 aliphatic heterocycles. The van der Waals surface area contributed by atoms with Crippen LogP contribution in [0.5, 0.6) is 0 Å². The highest BCUT2D eigenvalue weighted by atomic mass is 32.2. The highest BCUT2D eigenvalue weighted by molar-refractivity contribution is 7.92. The molecule has 6 heteroatoms. The Hall–Kier alpha value is -2.34. The molecule has 23 heavy (non-hydrogen) atoms. The lowest BCUT2D eigenvalue weighted by Gasteiger charge is -2.23. The summed E-state index contributed by atoms with van der Waals surface area (Å²) in [5.41, 5.74) is 2.81. The predicted molar refractivity (Wildman–Crippen MR) is 90.0 cm³/mol. The van der Waals surface area contributed by atoms with E-state index in [0.717, 1.165) is 11.1 Å². The van der Waals surface area contributed by atoms with Crippen LogP contribution in [0.4, 0.5) is 5.69 Å². The van der Waals surface area contributed by atoms with E-state index in [4.69, 9.17) is 0 Å². The number of nitrogens with zero attached hydrogens (tertiary/aromatic N) is 1. The summed E-state index contributed by atoms with van der Waals surface area (Å²) in [5.74, 6) is -0.421. The second-order valence-corrected chi connectivity index (χ2v) is 7.20. The Morgan fingerprint density at radius 1 is 1.13 bits per heavy atom. The molecule has 0 aromatic heterocycles. The Bertz CT molecular complexity index is 798. The van der Waals surface area contributed by atoms with Crippen LogP contribution in [-0.2, 0) is 21.3 Å². The number of hydrogen-bond donors (Lipinski definition) is 0. The van der Waals surface area contributed by atoms with Gasteiger partial charge in [0.05, 0.1) is 31.2 Å². The third-order valence-corrected chi connectivity index (χ3v) is 4.53. The van der Waals surface area contributed by atoms with Crippen LogP contribution < -0.4 is 4.31 Å². The van der Waals surface area contributed by atoms with Crippen molar-refractivity contribution in [2.24, 2.45) is 0 Å². The van der Waals surface area contributed by atoms with Crippen LogP contribution >= 0.6 is 0 Å². The number of methoxy groups -OCH3 is 1. The average molecular weight is 333 g/mol. The number of rotatable bonds is 5. The van der Waals surface area contributed by atoms with Crippen molar-refractivity contribution in [1.29, 1.82) is 0 Å². The van der Waals surface area contributed by atoms with Crippen LogP contribution in [0, 0.1) is 6.92 Å². The van der Waals surface area contributed by atoms with E-state index >= 15 is 0 Å². The van der Waals surface area contributed by atoms with E-state index in [1.54, 1.807) is 30.3 Å². The number of aryl methyl sites for hydroxylation is 1. The van der Waals surface area contributed by atoms with E-state index < -0.39 is 16.0 Å². The highest BCUT2D eigenvalue weighted by Crippen LogP contribution is 2.22. The monoisotopic (exact) mass is 333 g/mol. The normalized spacial score (nSPS) is 11.1. The quantitative estimate of drug-likeness (QED) is 0.789. The van der Waals surface area contributed by atoms with Gasteiger partial charge in [0.1, 0.15) is 0 Å². The van der Waals surface area contributed by atoms with Gasteiger partial charge in [-0.25, -0.2) is 13.2 Å². The molecule has 0 aliphatic rings. The van der Waals surface area contributed by atoms with Gasteiger partial charge in [0, 0.05) is 0 Å². The van der Waals surface area contributed by atoms with Crippen molar-refractivity contribution in [2.45, 2.75) is 13.5 Å². The zero-order valence-corrected chi connectivity index (χ0v) is 14.1. The molecule has 0 fully saturated rings. The molecule has 2 aromatic rings. The number of benzene rings is 2. The number of hydrogen-bond acceptors (Lipinski definition) is 4. The van der Waals surface area contributed by atoms with Gasteiger partial charge in [0.2, 0.25) is 10.0 Å². The van der Waals surface area contributed by atoms with Gasteiger partial charge in [-0.2, -0.15) is 0 Å². The average Bonchev–Trinajstić information content (AvgIpc) is 2.51. The maximum absolute atomic E-state index is 12.1. The van der Waals surface area contributed by atoms with E-state index in [2.05, 4.69) is 4.74 Å². The molecule has 0 radical (unpaired) electrons. The summed E-state index contributed by atoms with van der Waals surface area (Å²) in [4.78, 5) is 11.4. The van der Waals surface area contributed by atoms with Gasteiger partial charge in [-0.15, -0.1) is 0 Å². The number of ether oxygens (including phenoxy) is 1. The van der Waals surface area contributed by atoms with E-state index in [-0.39, 0.29) is 6.54 Å². The van der Waals surface area contributed by atoms with Crippen LogP contribution in [-0.4, -0.2) is 27.8 Å². The summed E-state index contributed by atoms with van der Waals surface area (Å²) in [7, 11) is -2.10. The molecule has 122 valence electrons. The molecule has 0 amide bonds. The third kappa shape index (κ3) is 4.32. The molecule has 0 saturated heterocycles. The van der Waals surface area contributed by atoms with Gasteiger partial charge in [-0.1, -0.05) is 24.3 Å². The molecule has 0 heterocycles. The Labute approximate surface area is 136 Å². The van der Waals surface area contributed by atoms with Gasteiger partial charge in [-0.3, -0.25) is 4.31 Å². The lowest BCUT2D eigenvalue weighted by atomic mass is 10.1. The van der Waals surface area contributed by atoms with E-state index in [0.29, 0.717) is 11.3 Å². The fraction of sp³-hybridized carbons (Fsp3) is 0.235. The van der Waals surface area contributed by atoms with Crippen LogP contribution in [0.1, 0.15) is 21.5 Å². The fourth-order valence-electron chi connectivity index (χ4n) is 2.21. The number of esters is 1. The minimum Gasteiger partial charge on any atom is -0.465 e.